The van der Waals surface area contributed by atoms with E-state index < -0.39 is 11.8 Å². The van der Waals surface area contributed by atoms with Gasteiger partial charge in [-0.2, -0.15) is 5.10 Å². The van der Waals surface area contributed by atoms with Gasteiger partial charge in [0.05, 0.1) is 32.5 Å². The van der Waals surface area contributed by atoms with Crippen LogP contribution >= 0.6 is 15.9 Å². The number of benzene rings is 2. The van der Waals surface area contributed by atoms with Crippen molar-refractivity contribution in [1.29, 1.82) is 0 Å². The van der Waals surface area contributed by atoms with Crippen LogP contribution in [0, 0.1) is 0 Å². The number of nitrogens with one attached hydrogen (secondary N) is 2. The smallest absolute Gasteiger partial charge is 0.259 e. The third-order valence-electron chi connectivity index (χ3n) is 3.35. The third-order valence-corrected chi connectivity index (χ3v) is 3.84. The highest BCUT2D eigenvalue weighted by molar-refractivity contribution is 9.10. The van der Waals surface area contributed by atoms with Gasteiger partial charge in [-0.3, -0.25) is 9.59 Å². The van der Waals surface area contributed by atoms with Crippen LogP contribution in [0.3, 0.4) is 0 Å². The molecule has 0 aliphatic heterocycles. The fourth-order valence-electron chi connectivity index (χ4n) is 2.11. The van der Waals surface area contributed by atoms with E-state index in [0.717, 1.165) is 4.47 Å². The van der Waals surface area contributed by atoms with Crippen LogP contribution in [-0.2, 0) is 4.79 Å². The number of hydrazone groups is 1. The molecule has 8 heteroatoms. The molecule has 2 aromatic carbocycles. The topological polar surface area (TPSA) is 89.0 Å². The predicted octanol–water partition coefficient (Wildman–Crippen LogP) is 2.35. The molecular formula is C18H18BrN3O4. The molecule has 2 amide bonds. The number of para-hydroxylation sites is 1. The molecule has 0 saturated heterocycles. The zero-order chi connectivity index (χ0) is 18.9. The summed E-state index contributed by atoms with van der Waals surface area (Å²) in [5.74, 6) is 0.189. The Labute approximate surface area is 159 Å². The summed E-state index contributed by atoms with van der Waals surface area (Å²) in [5, 5.41) is 6.39. The molecule has 0 saturated carbocycles. The van der Waals surface area contributed by atoms with Gasteiger partial charge in [0.2, 0.25) is 0 Å². The van der Waals surface area contributed by atoms with Gasteiger partial charge in [-0.15, -0.1) is 0 Å². The highest BCUT2D eigenvalue weighted by Gasteiger charge is 2.12. The molecule has 2 aromatic rings. The minimum atomic E-state index is -0.460. The number of carbonyl (C=O) groups excluding carboxylic acids is 2. The van der Waals surface area contributed by atoms with Crippen molar-refractivity contribution in [2.24, 2.45) is 5.10 Å². The van der Waals surface area contributed by atoms with Crippen molar-refractivity contribution >= 4 is 34.0 Å². The number of methoxy groups -OCH3 is 2. The number of hydrogen-bond donors (Lipinski definition) is 2. The van der Waals surface area contributed by atoms with Gasteiger partial charge in [0.15, 0.2) is 0 Å². The molecule has 0 radical (unpaired) electrons. The fraction of sp³-hybridized carbons (Fsp3) is 0.167. The Balaban J connectivity index is 1.89. The first-order valence-electron chi connectivity index (χ1n) is 7.61. The molecule has 0 atom stereocenters. The average molecular weight is 420 g/mol. The molecule has 0 bridgehead atoms. The largest absolute Gasteiger partial charge is 0.496 e. The lowest BCUT2D eigenvalue weighted by Crippen LogP contribution is -2.35. The van der Waals surface area contributed by atoms with E-state index in [1.165, 1.54) is 13.3 Å². The van der Waals surface area contributed by atoms with E-state index in [1.807, 2.05) is 6.07 Å². The standard InChI is InChI=1S/C18H18BrN3O4/c1-25-15-8-7-13(19)9-12(15)10-21-22-17(23)11-20-18(24)14-5-3-4-6-16(14)26-2/h3-10H,11H2,1-2H3,(H,20,24)(H,22,23). The molecule has 2 N–H and O–H groups in total. The number of ether oxygens (including phenoxy) is 2. The van der Waals surface area contributed by atoms with Crippen molar-refractivity contribution in [1.82, 2.24) is 10.7 Å². The van der Waals surface area contributed by atoms with E-state index in [2.05, 4.69) is 31.8 Å². The monoisotopic (exact) mass is 419 g/mol. The van der Waals surface area contributed by atoms with E-state index in [0.29, 0.717) is 22.6 Å². The lowest BCUT2D eigenvalue weighted by atomic mass is 10.2. The number of amides is 2. The van der Waals surface area contributed by atoms with Crippen LogP contribution in [0.2, 0.25) is 0 Å². The summed E-state index contributed by atoms with van der Waals surface area (Å²) in [6, 6.07) is 12.2. The molecular weight excluding hydrogens is 402 g/mol. The number of halogens is 1. The molecule has 0 fully saturated rings. The summed E-state index contributed by atoms with van der Waals surface area (Å²) < 4.78 is 11.2. The molecule has 26 heavy (non-hydrogen) atoms. The van der Waals surface area contributed by atoms with E-state index in [4.69, 9.17) is 9.47 Å². The van der Waals surface area contributed by atoms with Gasteiger partial charge in [-0.25, -0.2) is 5.43 Å². The molecule has 0 unspecified atom stereocenters. The SMILES string of the molecule is COc1ccc(Br)cc1C=NNC(=O)CNC(=O)c1ccccc1OC. The van der Waals surface area contributed by atoms with Crippen LogP contribution in [0.25, 0.3) is 0 Å². The van der Waals surface area contributed by atoms with Crippen LogP contribution in [0.4, 0.5) is 0 Å². The van der Waals surface area contributed by atoms with Crippen molar-refractivity contribution in [2.75, 3.05) is 20.8 Å². The maximum absolute atomic E-state index is 12.1. The van der Waals surface area contributed by atoms with E-state index in [-0.39, 0.29) is 6.54 Å². The van der Waals surface area contributed by atoms with Crippen LogP contribution in [0.1, 0.15) is 15.9 Å². The normalized spacial score (nSPS) is 10.4. The van der Waals surface area contributed by atoms with Gasteiger partial charge in [-0.05, 0) is 30.3 Å². The first-order chi connectivity index (χ1) is 12.5. The van der Waals surface area contributed by atoms with Crippen LogP contribution in [0.15, 0.2) is 52.0 Å². The average Bonchev–Trinajstić information content (AvgIpc) is 2.66. The van der Waals surface area contributed by atoms with Crippen LogP contribution in [-0.4, -0.2) is 38.8 Å². The highest BCUT2D eigenvalue weighted by Crippen LogP contribution is 2.21. The van der Waals surface area contributed by atoms with Crippen molar-refractivity contribution in [2.45, 2.75) is 0 Å². The van der Waals surface area contributed by atoms with Crippen molar-refractivity contribution in [3.05, 3.63) is 58.1 Å². The molecule has 0 aliphatic rings. The summed E-state index contributed by atoms with van der Waals surface area (Å²) in [6.07, 6.45) is 1.46. The van der Waals surface area contributed by atoms with Crippen molar-refractivity contribution in [3.8, 4) is 11.5 Å². The predicted molar refractivity (Wildman–Crippen MR) is 102 cm³/mol. The maximum atomic E-state index is 12.1. The Morgan fingerprint density at radius 2 is 1.85 bits per heavy atom. The number of nitrogens with zero attached hydrogens (tertiary/aromatic N) is 1. The van der Waals surface area contributed by atoms with Gasteiger partial charge in [-0.1, -0.05) is 28.1 Å². The summed E-state index contributed by atoms with van der Waals surface area (Å²) in [7, 11) is 3.02. The Hall–Kier alpha value is -2.87. The second-order valence-corrected chi connectivity index (χ2v) is 5.98. The first-order valence-corrected chi connectivity index (χ1v) is 8.41. The quantitative estimate of drug-likeness (QED) is 0.532. The minimum absolute atomic E-state index is 0.218. The molecule has 0 aliphatic carbocycles. The Morgan fingerprint density at radius 3 is 2.58 bits per heavy atom. The van der Waals surface area contributed by atoms with Gasteiger partial charge in [0, 0.05) is 10.0 Å². The van der Waals surface area contributed by atoms with Gasteiger partial charge < -0.3 is 14.8 Å². The maximum Gasteiger partial charge on any atom is 0.259 e. The first kappa shape index (κ1) is 19.5. The second-order valence-electron chi connectivity index (χ2n) is 5.06. The second kappa shape index (κ2) is 9.57. The van der Waals surface area contributed by atoms with Crippen molar-refractivity contribution in [3.63, 3.8) is 0 Å². The number of rotatable bonds is 7. The molecule has 0 aromatic heterocycles. The minimum Gasteiger partial charge on any atom is -0.496 e. The van der Waals surface area contributed by atoms with Crippen LogP contribution in [0.5, 0.6) is 11.5 Å². The molecule has 7 nitrogen and oxygen atoms in total. The number of hydrogen-bond acceptors (Lipinski definition) is 5. The summed E-state index contributed by atoms with van der Waals surface area (Å²) >= 11 is 3.36. The van der Waals surface area contributed by atoms with Crippen LogP contribution < -0.4 is 20.2 Å². The highest BCUT2D eigenvalue weighted by atomic mass is 79.9. The van der Waals surface area contributed by atoms with Gasteiger partial charge >= 0.3 is 0 Å². The van der Waals surface area contributed by atoms with E-state index in [9.17, 15) is 9.59 Å². The third kappa shape index (κ3) is 5.32. The lowest BCUT2D eigenvalue weighted by molar-refractivity contribution is -0.120. The molecule has 2 rings (SSSR count). The number of carbonyl (C=O) groups is 2. The lowest BCUT2D eigenvalue weighted by Gasteiger charge is -2.08. The van der Waals surface area contributed by atoms with Crippen molar-refractivity contribution < 1.29 is 19.1 Å². The van der Waals surface area contributed by atoms with Gasteiger partial charge in [0.25, 0.3) is 11.8 Å². The zero-order valence-electron chi connectivity index (χ0n) is 14.3. The Bertz CT molecular complexity index is 824. The van der Waals surface area contributed by atoms with E-state index >= 15 is 0 Å². The molecule has 0 heterocycles. The fourth-order valence-corrected chi connectivity index (χ4v) is 2.49. The van der Waals surface area contributed by atoms with E-state index in [1.54, 1.807) is 43.5 Å². The zero-order valence-corrected chi connectivity index (χ0v) is 15.9. The Morgan fingerprint density at radius 1 is 1.12 bits per heavy atom. The summed E-state index contributed by atoms with van der Waals surface area (Å²) in [6.45, 7) is -0.218. The van der Waals surface area contributed by atoms with Gasteiger partial charge in [0.1, 0.15) is 11.5 Å². The molecule has 0 spiro atoms. The summed E-state index contributed by atoms with van der Waals surface area (Å²) in [4.78, 5) is 23.9. The summed E-state index contributed by atoms with van der Waals surface area (Å²) in [5.41, 5.74) is 3.40. The molecule has 136 valence electrons. The Kier molecular flexibility index (Phi) is 7.16.